The summed E-state index contributed by atoms with van der Waals surface area (Å²) in [6, 6.07) is 29.7. The van der Waals surface area contributed by atoms with Crippen molar-refractivity contribution in [3.63, 3.8) is 0 Å². The van der Waals surface area contributed by atoms with Crippen LogP contribution in [0.2, 0.25) is 0 Å². The van der Waals surface area contributed by atoms with Crippen LogP contribution in [0.25, 0.3) is 16.9 Å². The number of nitrogens with zero attached hydrogens (tertiary/aromatic N) is 1. The Bertz CT molecular complexity index is 1160. The fraction of sp³-hybridized carbons (Fsp3) is 0.115. The zero-order valence-electron chi connectivity index (χ0n) is 17.0. The van der Waals surface area contributed by atoms with Crippen molar-refractivity contribution in [2.45, 2.75) is 13.5 Å². The average molecular weight is 397 g/mol. The second-order valence-electron chi connectivity index (χ2n) is 7.01. The predicted molar refractivity (Wildman–Crippen MR) is 118 cm³/mol. The van der Waals surface area contributed by atoms with Gasteiger partial charge in [-0.15, -0.1) is 0 Å². The molecule has 4 aromatic rings. The van der Waals surface area contributed by atoms with Crippen molar-refractivity contribution in [3.8, 4) is 22.7 Å². The fourth-order valence-electron chi connectivity index (χ4n) is 3.52. The topological polar surface area (TPSA) is 40.5 Å². The molecule has 0 bridgehead atoms. The Morgan fingerprint density at radius 2 is 1.63 bits per heavy atom. The lowest BCUT2D eigenvalue weighted by molar-refractivity contribution is 0.0600. The summed E-state index contributed by atoms with van der Waals surface area (Å²) in [6.45, 7) is 2.54. The van der Waals surface area contributed by atoms with E-state index in [4.69, 9.17) is 9.47 Å². The van der Waals surface area contributed by atoms with Gasteiger partial charge >= 0.3 is 5.97 Å². The monoisotopic (exact) mass is 397 g/mol. The highest BCUT2D eigenvalue weighted by Gasteiger charge is 2.15. The van der Waals surface area contributed by atoms with Gasteiger partial charge in [0.15, 0.2) is 0 Å². The highest BCUT2D eigenvalue weighted by molar-refractivity contribution is 5.90. The van der Waals surface area contributed by atoms with Crippen LogP contribution in [0.5, 0.6) is 5.75 Å². The van der Waals surface area contributed by atoms with Crippen LogP contribution in [0.4, 0.5) is 0 Å². The third-order valence-electron chi connectivity index (χ3n) is 5.00. The maximum Gasteiger partial charge on any atom is 0.337 e. The smallest absolute Gasteiger partial charge is 0.337 e. The number of rotatable bonds is 6. The molecule has 0 unspecified atom stereocenters. The summed E-state index contributed by atoms with van der Waals surface area (Å²) in [5.41, 5.74) is 5.58. The molecule has 1 heterocycles. The van der Waals surface area contributed by atoms with E-state index in [0.29, 0.717) is 12.2 Å². The molecule has 1 aromatic heterocycles. The van der Waals surface area contributed by atoms with Crippen LogP contribution < -0.4 is 4.74 Å². The lowest BCUT2D eigenvalue weighted by Gasteiger charge is -2.16. The molecule has 0 atom stereocenters. The number of para-hydroxylation sites is 1. The molecule has 0 aliphatic heterocycles. The molecular weight excluding hydrogens is 374 g/mol. The van der Waals surface area contributed by atoms with Crippen LogP contribution in [0.1, 0.15) is 21.6 Å². The first-order valence-corrected chi connectivity index (χ1v) is 9.80. The standard InChI is InChI=1S/C26H23NO3/c1-19-15-16-24(27(19)22-12-8-11-21(17-22)26(28)29-2)23-13-6-7-14-25(23)30-18-20-9-4-3-5-10-20/h3-17H,18H2,1-2H3. The lowest BCUT2D eigenvalue weighted by Crippen LogP contribution is -2.05. The summed E-state index contributed by atoms with van der Waals surface area (Å²) in [7, 11) is 1.39. The highest BCUT2D eigenvalue weighted by Crippen LogP contribution is 2.34. The van der Waals surface area contributed by atoms with Gasteiger partial charge in [-0.05, 0) is 55.0 Å². The summed E-state index contributed by atoms with van der Waals surface area (Å²) in [4.78, 5) is 12.0. The van der Waals surface area contributed by atoms with Gasteiger partial charge in [-0.1, -0.05) is 48.5 Å². The molecule has 0 amide bonds. The van der Waals surface area contributed by atoms with Crippen molar-refractivity contribution >= 4 is 5.97 Å². The molecule has 0 saturated heterocycles. The number of methoxy groups -OCH3 is 1. The zero-order valence-corrected chi connectivity index (χ0v) is 17.0. The largest absolute Gasteiger partial charge is 0.488 e. The minimum atomic E-state index is -0.352. The first-order chi connectivity index (χ1) is 14.7. The van der Waals surface area contributed by atoms with Crippen LogP contribution in [0, 0.1) is 6.92 Å². The van der Waals surface area contributed by atoms with Gasteiger partial charge in [0.05, 0.1) is 18.4 Å². The molecule has 0 radical (unpaired) electrons. The average Bonchev–Trinajstić information content (AvgIpc) is 3.19. The number of carbonyl (C=O) groups is 1. The highest BCUT2D eigenvalue weighted by atomic mass is 16.5. The molecule has 0 aliphatic carbocycles. The van der Waals surface area contributed by atoms with Gasteiger partial charge in [0.2, 0.25) is 0 Å². The Balaban J connectivity index is 1.73. The van der Waals surface area contributed by atoms with Gasteiger partial charge in [-0.25, -0.2) is 4.79 Å². The summed E-state index contributed by atoms with van der Waals surface area (Å²) in [6.07, 6.45) is 0. The minimum absolute atomic E-state index is 0.352. The van der Waals surface area contributed by atoms with Gasteiger partial charge in [0, 0.05) is 16.9 Å². The zero-order chi connectivity index (χ0) is 20.9. The Morgan fingerprint density at radius 1 is 0.867 bits per heavy atom. The Labute approximate surface area is 176 Å². The van der Waals surface area contributed by atoms with Crippen LogP contribution >= 0.6 is 0 Å². The van der Waals surface area contributed by atoms with Gasteiger partial charge in [-0.2, -0.15) is 0 Å². The first kappa shape index (κ1) is 19.5. The predicted octanol–water partition coefficient (Wildman–Crippen LogP) is 5.82. The van der Waals surface area contributed by atoms with Crippen molar-refractivity contribution in [3.05, 3.63) is 108 Å². The van der Waals surface area contributed by atoms with Crippen LogP contribution in [-0.2, 0) is 11.3 Å². The molecule has 4 rings (SSSR count). The maximum absolute atomic E-state index is 12.0. The van der Waals surface area contributed by atoms with E-state index in [9.17, 15) is 4.79 Å². The van der Waals surface area contributed by atoms with Gasteiger partial charge in [-0.3, -0.25) is 0 Å². The molecular formula is C26H23NO3. The van der Waals surface area contributed by atoms with Gasteiger partial charge in [0.25, 0.3) is 0 Å². The van der Waals surface area contributed by atoms with E-state index < -0.39 is 0 Å². The summed E-state index contributed by atoms with van der Waals surface area (Å²) < 4.78 is 13.2. The van der Waals surface area contributed by atoms with Crippen LogP contribution in [-0.4, -0.2) is 17.6 Å². The molecule has 0 fully saturated rings. The molecule has 3 aromatic carbocycles. The number of ether oxygens (including phenoxy) is 2. The molecule has 0 spiro atoms. The van der Waals surface area contributed by atoms with Crippen molar-refractivity contribution in [1.29, 1.82) is 0 Å². The number of aryl methyl sites for hydroxylation is 1. The molecule has 30 heavy (non-hydrogen) atoms. The first-order valence-electron chi connectivity index (χ1n) is 9.80. The number of carbonyl (C=O) groups excluding carboxylic acids is 1. The van der Waals surface area contributed by atoms with E-state index in [1.807, 2.05) is 73.7 Å². The number of benzene rings is 3. The van der Waals surface area contributed by atoms with Gasteiger partial charge in [0.1, 0.15) is 12.4 Å². The summed E-state index contributed by atoms with van der Waals surface area (Å²) >= 11 is 0. The second-order valence-corrected chi connectivity index (χ2v) is 7.01. The van der Waals surface area contributed by atoms with Crippen LogP contribution in [0.15, 0.2) is 91.0 Å². The lowest BCUT2D eigenvalue weighted by atomic mass is 10.1. The second kappa shape index (κ2) is 8.70. The van der Waals surface area contributed by atoms with Gasteiger partial charge < -0.3 is 14.0 Å². The van der Waals surface area contributed by atoms with Crippen LogP contribution in [0.3, 0.4) is 0 Å². The number of hydrogen-bond acceptors (Lipinski definition) is 3. The van der Waals surface area contributed by atoms with Crippen molar-refractivity contribution in [1.82, 2.24) is 4.57 Å². The molecule has 4 heteroatoms. The number of hydrogen-bond donors (Lipinski definition) is 0. The molecule has 4 nitrogen and oxygen atoms in total. The maximum atomic E-state index is 12.0. The SMILES string of the molecule is COC(=O)c1cccc(-n2c(C)ccc2-c2ccccc2OCc2ccccc2)c1. The Hall–Kier alpha value is -3.79. The minimum Gasteiger partial charge on any atom is -0.488 e. The van der Waals surface area contributed by atoms with Crippen molar-refractivity contribution in [2.24, 2.45) is 0 Å². The normalized spacial score (nSPS) is 10.6. The molecule has 0 aliphatic rings. The summed E-state index contributed by atoms with van der Waals surface area (Å²) in [5.74, 6) is 0.458. The number of aromatic nitrogens is 1. The molecule has 150 valence electrons. The Morgan fingerprint density at radius 3 is 2.43 bits per heavy atom. The van der Waals surface area contributed by atoms with E-state index in [-0.39, 0.29) is 5.97 Å². The van der Waals surface area contributed by atoms with E-state index >= 15 is 0 Å². The van der Waals surface area contributed by atoms with E-state index in [2.05, 4.69) is 22.8 Å². The third kappa shape index (κ3) is 3.98. The van der Waals surface area contributed by atoms with Crippen molar-refractivity contribution in [2.75, 3.05) is 7.11 Å². The van der Waals surface area contributed by atoms with E-state index in [1.165, 1.54) is 7.11 Å². The third-order valence-corrected chi connectivity index (χ3v) is 5.00. The van der Waals surface area contributed by atoms with Crippen molar-refractivity contribution < 1.29 is 14.3 Å². The molecule has 0 N–H and O–H groups in total. The van der Waals surface area contributed by atoms with E-state index in [0.717, 1.165) is 34.0 Å². The molecule has 0 saturated carbocycles. The van der Waals surface area contributed by atoms with E-state index in [1.54, 1.807) is 6.07 Å². The Kier molecular flexibility index (Phi) is 5.66. The number of esters is 1. The quantitative estimate of drug-likeness (QED) is 0.385. The fourth-order valence-corrected chi connectivity index (χ4v) is 3.52. The summed E-state index contributed by atoms with van der Waals surface area (Å²) in [5, 5.41) is 0.